The van der Waals surface area contributed by atoms with Gasteiger partial charge in [0.1, 0.15) is 0 Å². The van der Waals surface area contributed by atoms with Gasteiger partial charge in [-0.1, -0.05) is 31.0 Å². The van der Waals surface area contributed by atoms with Crippen LogP contribution in [0.3, 0.4) is 0 Å². The molecule has 0 aliphatic heterocycles. The van der Waals surface area contributed by atoms with Gasteiger partial charge in [0, 0.05) is 17.3 Å². The minimum Gasteiger partial charge on any atom is -0.392 e. The van der Waals surface area contributed by atoms with Gasteiger partial charge in [0.25, 0.3) is 0 Å². The van der Waals surface area contributed by atoms with E-state index in [-0.39, 0.29) is 12.1 Å². The molecule has 2 N–H and O–H groups in total. The molecule has 2 aromatic rings. The van der Waals surface area contributed by atoms with Gasteiger partial charge in [-0.05, 0) is 35.2 Å². The molecule has 1 aromatic heterocycles. The summed E-state index contributed by atoms with van der Waals surface area (Å²) in [6.07, 6.45) is 4.29. The highest BCUT2D eigenvalue weighted by Crippen LogP contribution is 2.26. The molecule has 2 unspecified atom stereocenters. The van der Waals surface area contributed by atoms with Crippen LogP contribution in [0.5, 0.6) is 0 Å². The third kappa shape index (κ3) is 2.44. The normalized spacial score (nSPS) is 24.5. The molecule has 3 heteroatoms. The van der Waals surface area contributed by atoms with E-state index in [1.165, 1.54) is 28.5 Å². The average molecular weight is 261 g/mol. The lowest BCUT2D eigenvalue weighted by Gasteiger charge is -2.28. The van der Waals surface area contributed by atoms with Gasteiger partial charge >= 0.3 is 0 Å². The van der Waals surface area contributed by atoms with E-state index in [9.17, 15) is 5.11 Å². The topological polar surface area (TPSA) is 32.3 Å². The van der Waals surface area contributed by atoms with Crippen LogP contribution in [0.1, 0.15) is 31.2 Å². The second-order valence-corrected chi connectivity index (χ2v) is 6.01. The van der Waals surface area contributed by atoms with E-state index in [0.29, 0.717) is 0 Å². The third-order valence-corrected chi connectivity index (χ3v) is 4.86. The van der Waals surface area contributed by atoms with E-state index in [2.05, 4.69) is 35.0 Å². The quantitative estimate of drug-likeness (QED) is 0.888. The summed E-state index contributed by atoms with van der Waals surface area (Å²) < 4.78 is 1.35. The zero-order valence-corrected chi connectivity index (χ0v) is 11.2. The highest BCUT2D eigenvalue weighted by molar-refractivity contribution is 7.17. The molecular weight excluding hydrogens is 242 g/mol. The molecule has 0 saturated heterocycles. The zero-order chi connectivity index (χ0) is 12.4. The molecule has 0 amide bonds. The number of aliphatic hydroxyl groups excluding tert-OH is 1. The Bertz CT molecular complexity index is 522. The molecule has 18 heavy (non-hydrogen) atoms. The Balaban J connectivity index is 1.69. The van der Waals surface area contributed by atoms with Crippen molar-refractivity contribution in [2.75, 3.05) is 0 Å². The molecule has 1 aliphatic rings. The van der Waals surface area contributed by atoms with Crippen LogP contribution in [-0.4, -0.2) is 17.3 Å². The summed E-state index contributed by atoms with van der Waals surface area (Å²) in [5.74, 6) is 0. The van der Waals surface area contributed by atoms with Gasteiger partial charge in [-0.2, -0.15) is 0 Å². The van der Waals surface area contributed by atoms with E-state index in [4.69, 9.17) is 0 Å². The predicted octanol–water partition coefficient (Wildman–Crippen LogP) is 3.29. The van der Waals surface area contributed by atoms with E-state index >= 15 is 0 Å². The van der Waals surface area contributed by atoms with E-state index in [0.717, 1.165) is 19.4 Å². The Morgan fingerprint density at radius 1 is 1.22 bits per heavy atom. The number of fused-ring (bicyclic) bond motifs is 1. The Hall–Kier alpha value is -0.900. The first kappa shape index (κ1) is 12.2. The SMILES string of the molecule is OC1CCCCC1NCc1csc2ccccc12. The maximum atomic E-state index is 9.95. The van der Waals surface area contributed by atoms with Crippen LogP contribution in [0.15, 0.2) is 29.6 Å². The maximum absolute atomic E-state index is 9.95. The van der Waals surface area contributed by atoms with Crippen molar-refractivity contribution in [3.05, 3.63) is 35.2 Å². The molecule has 1 saturated carbocycles. The van der Waals surface area contributed by atoms with Crippen LogP contribution in [0.25, 0.3) is 10.1 Å². The van der Waals surface area contributed by atoms with Gasteiger partial charge in [-0.3, -0.25) is 0 Å². The van der Waals surface area contributed by atoms with Crippen LogP contribution < -0.4 is 5.32 Å². The number of rotatable bonds is 3. The molecule has 0 spiro atoms. The molecule has 1 fully saturated rings. The number of hydrogen-bond donors (Lipinski definition) is 2. The molecule has 1 aromatic carbocycles. The van der Waals surface area contributed by atoms with E-state index < -0.39 is 0 Å². The van der Waals surface area contributed by atoms with Crippen molar-refractivity contribution in [3.8, 4) is 0 Å². The van der Waals surface area contributed by atoms with Gasteiger partial charge < -0.3 is 10.4 Å². The summed E-state index contributed by atoms with van der Waals surface area (Å²) in [5, 5.41) is 17.1. The molecule has 0 radical (unpaired) electrons. The largest absolute Gasteiger partial charge is 0.392 e. The lowest BCUT2D eigenvalue weighted by atomic mass is 9.92. The summed E-state index contributed by atoms with van der Waals surface area (Å²) in [7, 11) is 0. The van der Waals surface area contributed by atoms with Crippen molar-refractivity contribution in [1.82, 2.24) is 5.32 Å². The van der Waals surface area contributed by atoms with Crippen molar-refractivity contribution in [3.63, 3.8) is 0 Å². The standard InChI is InChI=1S/C15H19NOS/c17-14-7-3-2-6-13(14)16-9-11-10-18-15-8-4-1-5-12(11)15/h1,4-5,8,10,13-14,16-17H,2-3,6-7,9H2. The second kappa shape index (κ2) is 5.39. The van der Waals surface area contributed by atoms with Gasteiger partial charge in [0.2, 0.25) is 0 Å². The summed E-state index contributed by atoms with van der Waals surface area (Å²) in [6, 6.07) is 8.80. The third-order valence-electron chi connectivity index (χ3n) is 3.85. The van der Waals surface area contributed by atoms with E-state index in [1.807, 2.05) is 0 Å². The van der Waals surface area contributed by atoms with Crippen molar-refractivity contribution in [1.29, 1.82) is 0 Å². The molecule has 1 aliphatic carbocycles. The van der Waals surface area contributed by atoms with Gasteiger partial charge in [-0.15, -0.1) is 11.3 Å². The summed E-state index contributed by atoms with van der Waals surface area (Å²) in [4.78, 5) is 0. The van der Waals surface area contributed by atoms with Crippen LogP contribution in [0, 0.1) is 0 Å². The Kier molecular flexibility index (Phi) is 3.64. The predicted molar refractivity (Wildman–Crippen MR) is 76.9 cm³/mol. The monoisotopic (exact) mass is 261 g/mol. The number of hydrogen-bond acceptors (Lipinski definition) is 3. The maximum Gasteiger partial charge on any atom is 0.0693 e. The highest BCUT2D eigenvalue weighted by atomic mass is 32.1. The molecular formula is C15H19NOS. The van der Waals surface area contributed by atoms with Gasteiger partial charge in [0.15, 0.2) is 0 Å². The van der Waals surface area contributed by atoms with Crippen LogP contribution in [0.2, 0.25) is 0 Å². The number of benzene rings is 1. The van der Waals surface area contributed by atoms with Gasteiger partial charge in [-0.25, -0.2) is 0 Å². The smallest absolute Gasteiger partial charge is 0.0693 e. The summed E-state index contributed by atoms with van der Waals surface area (Å²) >= 11 is 1.80. The van der Waals surface area contributed by atoms with Gasteiger partial charge in [0.05, 0.1) is 6.10 Å². The average Bonchev–Trinajstić information content (AvgIpc) is 2.81. The van der Waals surface area contributed by atoms with E-state index in [1.54, 1.807) is 11.3 Å². The van der Waals surface area contributed by atoms with Crippen LogP contribution in [-0.2, 0) is 6.54 Å². The van der Waals surface area contributed by atoms with Crippen molar-refractivity contribution in [2.24, 2.45) is 0 Å². The fourth-order valence-electron chi connectivity index (χ4n) is 2.76. The lowest BCUT2D eigenvalue weighted by molar-refractivity contribution is 0.0903. The number of aliphatic hydroxyl groups is 1. The molecule has 0 bridgehead atoms. The molecule has 2 atom stereocenters. The second-order valence-electron chi connectivity index (χ2n) is 5.10. The van der Waals surface area contributed by atoms with Crippen molar-refractivity contribution >= 4 is 21.4 Å². The first-order valence-electron chi connectivity index (χ1n) is 6.71. The number of nitrogens with one attached hydrogen (secondary N) is 1. The Labute approximate surface area is 112 Å². The molecule has 1 heterocycles. The number of thiophene rings is 1. The Morgan fingerprint density at radius 3 is 2.94 bits per heavy atom. The Morgan fingerprint density at radius 2 is 2.06 bits per heavy atom. The van der Waals surface area contributed by atoms with Crippen molar-refractivity contribution < 1.29 is 5.11 Å². The van der Waals surface area contributed by atoms with Crippen LogP contribution >= 0.6 is 11.3 Å². The first-order chi connectivity index (χ1) is 8.84. The van der Waals surface area contributed by atoms with Crippen LogP contribution in [0.4, 0.5) is 0 Å². The first-order valence-corrected chi connectivity index (χ1v) is 7.59. The summed E-state index contributed by atoms with van der Waals surface area (Å²) in [6.45, 7) is 0.867. The molecule has 3 rings (SSSR count). The minimum atomic E-state index is -0.163. The molecule has 96 valence electrons. The zero-order valence-electron chi connectivity index (χ0n) is 10.4. The highest BCUT2D eigenvalue weighted by Gasteiger charge is 2.22. The lowest BCUT2D eigenvalue weighted by Crippen LogP contribution is -2.41. The fraction of sp³-hybridized carbons (Fsp3) is 0.467. The fourth-order valence-corrected chi connectivity index (χ4v) is 3.72. The molecule has 2 nitrogen and oxygen atoms in total. The summed E-state index contributed by atoms with van der Waals surface area (Å²) in [5.41, 5.74) is 1.35. The van der Waals surface area contributed by atoms with Crippen molar-refractivity contribution in [2.45, 2.75) is 44.4 Å². The minimum absolute atomic E-state index is 0.163.